The lowest BCUT2D eigenvalue weighted by Crippen LogP contribution is -2.14. The summed E-state index contributed by atoms with van der Waals surface area (Å²) in [4.78, 5) is 11.9. The summed E-state index contributed by atoms with van der Waals surface area (Å²) in [6, 6.07) is 6.85. The molecular weight excluding hydrogens is 297 g/mol. The van der Waals surface area contributed by atoms with Gasteiger partial charge in [0.2, 0.25) is 5.82 Å². The number of carbonyl (C=O) groups excluding carboxylic acids is 1. The summed E-state index contributed by atoms with van der Waals surface area (Å²) < 4.78 is 50.7. The number of benzene rings is 2. The molecule has 0 N–H and O–H groups in total. The van der Waals surface area contributed by atoms with Gasteiger partial charge in [-0.05, 0) is 32.0 Å². The maximum Gasteiger partial charge on any atom is 0.346 e. The van der Waals surface area contributed by atoms with Gasteiger partial charge in [-0.2, -0.15) is 4.39 Å². The van der Waals surface area contributed by atoms with Crippen LogP contribution >= 0.6 is 0 Å². The molecule has 0 spiro atoms. The van der Waals surface area contributed by atoms with Crippen LogP contribution in [0.5, 0.6) is 11.5 Å². The van der Waals surface area contributed by atoms with E-state index in [1.807, 2.05) is 6.92 Å². The molecule has 0 saturated carbocycles. The highest BCUT2D eigenvalue weighted by Gasteiger charge is 2.25. The van der Waals surface area contributed by atoms with Crippen molar-refractivity contribution < 1.29 is 27.4 Å². The van der Waals surface area contributed by atoms with Gasteiger partial charge in [0.1, 0.15) is 11.3 Å². The Morgan fingerprint density at radius 3 is 2.32 bits per heavy atom. The van der Waals surface area contributed by atoms with E-state index in [0.29, 0.717) is 6.07 Å². The molecule has 0 fully saturated rings. The van der Waals surface area contributed by atoms with Gasteiger partial charge in [-0.25, -0.2) is 13.6 Å². The number of rotatable bonds is 4. The Kier molecular flexibility index (Phi) is 4.70. The molecule has 116 valence electrons. The SMILES string of the molecule is CCOc1c(F)c(F)cc(C(=O)Oc2ccc(C)cc2)c1F. The Labute approximate surface area is 125 Å². The molecule has 6 heteroatoms. The molecule has 0 aromatic heterocycles. The molecule has 0 amide bonds. The minimum Gasteiger partial charge on any atom is -0.488 e. The van der Waals surface area contributed by atoms with Crippen LogP contribution in [0, 0.1) is 24.4 Å². The van der Waals surface area contributed by atoms with Gasteiger partial charge in [0.05, 0.1) is 6.61 Å². The van der Waals surface area contributed by atoms with Crippen LogP contribution in [0.1, 0.15) is 22.8 Å². The van der Waals surface area contributed by atoms with E-state index >= 15 is 0 Å². The average molecular weight is 310 g/mol. The van der Waals surface area contributed by atoms with Crippen LogP contribution in [0.2, 0.25) is 0 Å². The van der Waals surface area contributed by atoms with Gasteiger partial charge in [-0.15, -0.1) is 0 Å². The molecule has 0 heterocycles. The third-order valence-electron chi connectivity index (χ3n) is 2.86. The number of aryl methyl sites for hydroxylation is 1. The molecule has 2 rings (SSSR count). The van der Waals surface area contributed by atoms with Crippen LogP contribution in [0.4, 0.5) is 13.2 Å². The minimum atomic E-state index is -1.48. The van der Waals surface area contributed by atoms with Crippen molar-refractivity contribution in [3.8, 4) is 11.5 Å². The molecule has 0 aliphatic carbocycles. The van der Waals surface area contributed by atoms with E-state index in [9.17, 15) is 18.0 Å². The molecular formula is C16H13F3O3. The van der Waals surface area contributed by atoms with E-state index < -0.39 is 34.7 Å². The second-order valence-corrected chi connectivity index (χ2v) is 4.50. The zero-order chi connectivity index (χ0) is 16.3. The largest absolute Gasteiger partial charge is 0.488 e. The summed E-state index contributed by atoms with van der Waals surface area (Å²) in [7, 11) is 0. The lowest BCUT2D eigenvalue weighted by Gasteiger charge is -2.10. The molecule has 0 unspecified atom stereocenters. The van der Waals surface area contributed by atoms with Crippen molar-refractivity contribution in [3.63, 3.8) is 0 Å². The third kappa shape index (κ3) is 3.21. The topological polar surface area (TPSA) is 35.5 Å². The van der Waals surface area contributed by atoms with Gasteiger partial charge in [0.15, 0.2) is 17.4 Å². The molecule has 0 aliphatic rings. The fourth-order valence-corrected chi connectivity index (χ4v) is 1.77. The van der Waals surface area contributed by atoms with Crippen LogP contribution in [0.3, 0.4) is 0 Å². The molecule has 2 aromatic carbocycles. The lowest BCUT2D eigenvalue weighted by molar-refractivity contribution is 0.0727. The molecule has 0 atom stereocenters. The van der Waals surface area contributed by atoms with Gasteiger partial charge >= 0.3 is 5.97 Å². The maximum absolute atomic E-state index is 14.1. The molecule has 0 bridgehead atoms. The Balaban J connectivity index is 2.35. The van der Waals surface area contributed by atoms with Gasteiger partial charge in [-0.3, -0.25) is 0 Å². The van der Waals surface area contributed by atoms with Crippen LogP contribution in [0.25, 0.3) is 0 Å². The Bertz CT molecular complexity index is 697. The highest BCUT2D eigenvalue weighted by molar-refractivity contribution is 5.92. The lowest BCUT2D eigenvalue weighted by atomic mass is 10.1. The van der Waals surface area contributed by atoms with Crippen molar-refractivity contribution in [2.24, 2.45) is 0 Å². The van der Waals surface area contributed by atoms with Crippen molar-refractivity contribution in [2.45, 2.75) is 13.8 Å². The van der Waals surface area contributed by atoms with E-state index in [2.05, 4.69) is 0 Å². The second kappa shape index (κ2) is 6.51. The summed E-state index contributed by atoms with van der Waals surface area (Å²) >= 11 is 0. The Morgan fingerprint density at radius 1 is 1.09 bits per heavy atom. The summed E-state index contributed by atoms with van der Waals surface area (Å²) in [5, 5.41) is 0. The zero-order valence-corrected chi connectivity index (χ0v) is 12.0. The number of carbonyl (C=O) groups is 1. The van der Waals surface area contributed by atoms with E-state index in [0.717, 1.165) is 5.56 Å². The summed E-state index contributed by atoms with van der Waals surface area (Å²) in [6.07, 6.45) is 0. The average Bonchev–Trinajstić information content (AvgIpc) is 2.49. The van der Waals surface area contributed by atoms with Gasteiger partial charge in [0, 0.05) is 0 Å². The number of ether oxygens (including phenoxy) is 2. The second-order valence-electron chi connectivity index (χ2n) is 4.50. The first kappa shape index (κ1) is 15.9. The van der Waals surface area contributed by atoms with E-state index in [-0.39, 0.29) is 12.4 Å². The first-order valence-electron chi connectivity index (χ1n) is 6.53. The van der Waals surface area contributed by atoms with E-state index in [1.165, 1.54) is 19.1 Å². The summed E-state index contributed by atoms with van der Waals surface area (Å²) in [5.41, 5.74) is 0.209. The van der Waals surface area contributed by atoms with Crippen molar-refractivity contribution >= 4 is 5.97 Å². The normalized spacial score (nSPS) is 10.4. The highest BCUT2D eigenvalue weighted by Crippen LogP contribution is 2.28. The van der Waals surface area contributed by atoms with Gasteiger partial charge in [0.25, 0.3) is 0 Å². The van der Waals surface area contributed by atoms with Crippen LogP contribution in [0.15, 0.2) is 30.3 Å². The van der Waals surface area contributed by atoms with Crippen LogP contribution in [-0.4, -0.2) is 12.6 Å². The molecule has 2 aromatic rings. The molecule has 0 saturated heterocycles. The smallest absolute Gasteiger partial charge is 0.346 e. The van der Waals surface area contributed by atoms with E-state index in [4.69, 9.17) is 9.47 Å². The van der Waals surface area contributed by atoms with Crippen molar-refractivity contribution in [2.75, 3.05) is 6.61 Å². The first-order chi connectivity index (χ1) is 10.4. The third-order valence-corrected chi connectivity index (χ3v) is 2.86. The monoisotopic (exact) mass is 310 g/mol. The predicted octanol–water partition coefficient (Wildman–Crippen LogP) is 4.03. The Hall–Kier alpha value is -2.50. The minimum absolute atomic E-state index is 0.0796. The van der Waals surface area contributed by atoms with Gasteiger partial charge in [-0.1, -0.05) is 17.7 Å². The predicted molar refractivity (Wildman–Crippen MR) is 73.6 cm³/mol. The molecule has 22 heavy (non-hydrogen) atoms. The van der Waals surface area contributed by atoms with E-state index in [1.54, 1.807) is 12.1 Å². The van der Waals surface area contributed by atoms with Crippen molar-refractivity contribution in [3.05, 3.63) is 58.9 Å². The summed E-state index contributed by atoms with van der Waals surface area (Å²) in [6.45, 7) is 3.24. The number of hydrogen-bond acceptors (Lipinski definition) is 3. The number of esters is 1. The molecule has 3 nitrogen and oxygen atoms in total. The van der Waals surface area contributed by atoms with Crippen LogP contribution < -0.4 is 9.47 Å². The van der Waals surface area contributed by atoms with Gasteiger partial charge < -0.3 is 9.47 Å². The molecule has 0 aliphatic heterocycles. The van der Waals surface area contributed by atoms with Crippen molar-refractivity contribution in [1.29, 1.82) is 0 Å². The zero-order valence-electron chi connectivity index (χ0n) is 12.0. The maximum atomic E-state index is 14.1. The van der Waals surface area contributed by atoms with Crippen molar-refractivity contribution in [1.82, 2.24) is 0 Å². The highest BCUT2D eigenvalue weighted by atomic mass is 19.2. The fourth-order valence-electron chi connectivity index (χ4n) is 1.77. The fraction of sp³-hybridized carbons (Fsp3) is 0.188. The first-order valence-corrected chi connectivity index (χ1v) is 6.53. The molecule has 0 radical (unpaired) electrons. The quantitative estimate of drug-likeness (QED) is 0.486. The standard InChI is InChI=1S/C16H13F3O3/c1-3-21-15-13(18)11(8-12(17)14(15)19)16(20)22-10-6-4-9(2)5-7-10/h4-8H,3H2,1-2H3. The Morgan fingerprint density at radius 2 is 1.73 bits per heavy atom. The van der Waals surface area contributed by atoms with Crippen LogP contribution in [-0.2, 0) is 0 Å². The summed E-state index contributed by atoms with van der Waals surface area (Å²) in [5.74, 6) is -6.07. The number of hydrogen-bond donors (Lipinski definition) is 0. The number of halogens is 3.